The van der Waals surface area contributed by atoms with Crippen LogP contribution in [0.1, 0.15) is 5.56 Å². The van der Waals surface area contributed by atoms with Crippen molar-refractivity contribution in [2.45, 2.75) is 6.92 Å². The molecule has 20 heavy (non-hydrogen) atoms. The summed E-state index contributed by atoms with van der Waals surface area (Å²) >= 11 is 0. The molecule has 6 nitrogen and oxygen atoms in total. The number of hydrogen-bond donors (Lipinski definition) is 2. The van der Waals surface area contributed by atoms with Crippen molar-refractivity contribution in [3.05, 3.63) is 29.8 Å². The van der Waals surface area contributed by atoms with Crippen molar-refractivity contribution in [3.63, 3.8) is 0 Å². The van der Waals surface area contributed by atoms with E-state index in [2.05, 4.69) is 10.5 Å². The second kappa shape index (κ2) is 7.02. The molecule has 0 bridgehead atoms. The highest BCUT2D eigenvalue weighted by atomic mass is 16.5. The third-order valence-electron chi connectivity index (χ3n) is 3.17. The number of amides is 1. The second-order valence-corrected chi connectivity index (χ2v) is 4.76. The minimum absolute atomic E-state index is 0.104. The van der Waals surface area contributed by atoms with Gasteiger partial charge in [-0.3, -0.25) is 9.69 Å². The summed E-state index contributed by atoms with van der Waals surface area (Å²) in [5.74, 6) is -0.386. The minimum atomic E-state index is -0.386. The summed E-state index contributed by atoms with van der Waals surface area (Å²) in [7, 11) is 0. The van der Waals surface area contributed by atoms with Crippen LogP contribution in [0.2, 0.25) is 0 Å². The highest BCUT2D eigenvalue weighted by Gasteiger charge is 2.18. The van der Waals surface area contributed by atoms with Gasteiger partial charge < -0.3 is 15.3 Å². The van der Waals surface area contributed by atoms with Crippen LogP contribution in [0.3, 0.4) is 0 Å². The molecule has 1 saturated heterocycles. The van der Waals surface area contributed by atoms with Crippen molar-refractivity contribution in [3.8, 4) is 0 Å². The normalized spacial score (nSPS) is 16.9. The zero-order chi connectivity index (χ0) is 14.4. The first-order chi connectivity index (χ1) is 9.69. The molecule has 1 aromatic rings. The van der Waals surface area contributed by atoms with E-state index in [9.17, 15) is 4.79 Å². The average molecular weight is 277 g/mol. The number of carbonyl (C=O) groups excluding carboxylic acids is 1. The van der Waals surface area contributed by atoms with Crippen LogP contribution >= 0.6 is 0 Å². The first-order valence-corrected chi connectivity index (χ1v) is 6.58. The van der Waals surface area contributed by atoms with Crippen LogP contribution in [0.5, 0.6) is 0 Å². The largest absolute Gasteiger partial charge is 0.410 e. The number of nitrogens with zero attached hydrogens (tertiary/aromatic N) is 2. The van der Waals surface area contributed by atoms with Crippen LogP contribution < -0.4 is 5.32 Å². The summed E-state index contributed by atoms with van der Waals surface area (Å²) in [5, 5.41) is 14.9. The Labute approximate surface area is 118 Å². The number of carbonyl (C=O) groups is 1. The predicted octanol–water partition coefficient (Wildman–Crippen LogP) is 1.10. The number of ether oxygens (including phenoxy) is 1. The van der Waals surface area contributed by atoms with Crippen molar-refractivity contribution in [2.24, 2.45) is 5.16 Å². The molecular formula is C14H19N3O3. The first-order valence-electron chi connectivity index (χ1n) is 6.58. The van der Waals surface area contributed by atoms with E-state index in [1.165, 1.54) is 0 Å². The van der Waals surface area contributed by atoms with E-state index in [4.69, 9.17) is 9.94 Å². The molecule has 0 spiro atoms. The quantitative estimate of drug-likeness (QED) is 0.491. The maximum atomic E-state index is 12.0. The van der Waals surface area contributed by atoms with Gasteiger partial charge in [-0.2, -0.15) is 0 Å². The number of benzene rings is 1. The lowest BCUT2D eigenvalue weighted by Crippen LogP contribution is -2.42. The highest BCUT2D eigenvalue weighted by molar-refractivity contribution is 6.43. The number of oxime groups is 1. The number of nitrogens with one attached hydrogen (secondary N) is 1. The van der Waals surface area contributed by atoms with E-state index in [0.717, 1.165) is 18.7 Å². The SMILES string of the molecule is Cc1ccc(NC(=O)C(CN2CCOCC2)=NO)cc1. The summed E-state index contributed by atoms with van der Waals surface area (Å²) < 4.78 is 5.24. The maximum Gasteiger partial charge on any atom is 0.274 e. The van der Waals surface area contributed by atoms with Gasteiger partial charge in [-0.05, 0) is 19.1 Å². The van der Waals surface area contributed by atoms with E-state index in [-0.39, 0.29) is 11.6 Å². The fraction of sp³-hybridized carbons (Fsp3) is 0.429. The zero-order valence-electron chi connectivity index (χ0n) is 11.5. The molecule has 1 fully saturated rings. The Morgan fingerprint density at radius 2 is 2.00 bits per heavy atom. The molecule has 1 aliphatic heterocycles. The van der Waals surface area contributed by atoms with E-state index in [0.29, 0.717) is 25.4 Å². The predicted molar refractivity (Wildman–Crippen MR) is 76.3 cm³/mol. The molecule has 108 valence electrons. The van der Waals surface area contributed by atoms with E-state index >= 15 is 0 Å². The van der Waals surface area contributed by atoms with Crippen LogP contribution in [-0.2, 0) is 9.53 Å². The second-order valence-electron chi connectivity index (χ2n) is 4.76. The van der Waals surface area contributed by atoms with Crippen LogP contribution in [-0.4, -0.2) is 54.6 Å². The third kappa shape index (κ3) is 4.04. The van der Waals surface area contributed by atoms with Crippen molar-refractivity contribution < 1.29 is 14.7 Å². The Morgan fingerprint density at radius 3 is 2.60 bits per heavy atom. The van der Waals surface area contributed by atoms with Gasteiger partial charge in [0.2, 0.25) is 0 Å². The zero-order valence-corrected chi connectivity index (χ0v) is 11.5. The average Bonchev–Trinajstić information content (AvgIpc) is 2.48. The molecule has 2 rings (SSSR count). The van der Waals surface area contributed by atoms with Gasteiger partial charge in [0, 0.05) is 25.3 Å². The minimum Gasteiger partial charge on any atom is -0.410 e. The van der Waals surface area contributed by atoms with Gasteiger partial charge in [-0.1, -0.05) is 22.9 Å². The Morgan fingerprint density at radius 1 is 1.35 bits per heavy atom. The molecule has 6 heteroatoms. The number of aryl methyl sites for hydroxylation is 1. The number of anilines is 1. The Hall–Kier alpha value is -1.92. The summed E-state index contributed by atoms with van der Waals surface area (Å²) in [6.45, 7) is 5.03. The molecule has 0 unspecified atom stereocenters. The maximum absolute atomic E-state index is 12.0. The number of hydrogen-bond acceptors (Lipinski definition) is 5. The van der Waals surface area contributed by atoms with Crippen molar-refractivity contribution >= 4 is 17.3 Å². The Kier molecular flexibility index (Phi) is 5.09. The monoisotopic (exact) mass is 277 g/mol. The van der Waals surface area contributed by atoms with Crippen LogP contribution in [0.15, 0.2) is 29.4 Å². The van der Waals surface area contributed by atoms with Crippen LogP contribution in [0.4, 0.5) is 5.69 Å². The summed E-state index contributed by atoms with van der Waals surface area (Å²) in [6.07, 6.45) is 0. The standard InChI is InChI=1S/C14H19N3O3/c1-11-2-4-12(5-3-11)15-14(18)13(16-19)10-17-6-8-20-9-7-17/h2-5,19H,6-10H2,1H3,(H,15,18). The van der Waals surface area contributed by atoms with Gasteiger partial charge in [0.05, 0.1) is 13.2 Å². The van der Waals surface area contributed by atoms with E-state index in [1.807, 2.05) is 36.1 Å². The van der Waals surface area contributed by atoms with E-state index < -0.39 is 0 Å². The summed E-state index contributed by atoms with van der Waals surface area (Å²) in [4.78, 5) is 14.1. The van der Waals surface area contributed by atoms with Gasteiger partial charge in [-0.25, -0.2) is 0 Å². The molecule has 1 aromatic carbocycles. The third-order valence-corrected chi connectivity index (χ3v) is 3.17. The van der Waals surface area contributed by atoms with Crippen molar-refractivity contribution in [1.82, 2.24) is 4.90 Å². The molecule has 0 atom stereocenters. The fourth-order valence-electron chi connectivity index (χ4n) is 1.96. The molecule has 0 radical (unpaired) electrons. The first kappa shape index (κ1) is 14.5. The topological polar surface area (TPSA) is 74.2 Å². The molecule has 1 amide bonds. The summed E-state index contributed by atoms with van der Waals surface area (Å²) in [5.41, 5.74) is 1.91. The van der Waals surface area contributed by atoms with E-state index in [1.54, 1.807) is 0 Å². The molecule has 1 aliphatic rings. The van der Waals surface area contributed by atoms with Gasteiger partial charge in [0.25, 0.3) is 5.91 Å². The molecule has 2 N–H and O–H groups in total. The molecule has 0 aromatic heterocycles. The number of rotatable bonds is 4. The molecule has 0 aliphatic carbocycles. The van der Waals surface area contributed by atoms with Crippen LogP contribution in [0, 0.1) is 6.92 Å². The highest BCUT2D eigenvalue weighted by Crippen LogP contribution is 2.09. The Bertz CT molecular complexity index is 479. The molecular weight excluding hydrogens is 258 g/mol. The Balaban J connectivity index is 1.93. The molecule has 0 saturated carbocycles. The van der Waals surface area contributed by atoms with Gasteiger partial charge in [0.1, 0.15) is 0 Å². The van der Waals surface area contributed by atoms with Gasteiger partial charge >= 0.3 is 0 Å². The van der Waals surface area contributed by atoms with Gasteiger partial charge in [0.15, 0.2) is 5.71 Å². The molecule has 1 heterocycles. The summed E-state index contributed by atoms with van der Waals surface area (Å²) in [6, 6.07) is 7.45. The van der Waals surface area contributed by atoms with Gasteiger partial charge in [-0.15, -0.1) is 0 Å². The van der Waals surface area contributed by atoms with Crippen molar-refractivity contribution in [2.75, 3.05) is 38.2 Å². The number of morpholine rings is 1. The lowest BCUT2D eigenvalue weighted by molar-refractivity contribution is -0.110. The lowest BCUT2D eigenvalue weighted by Gasteiger charge is -2.26. The van der Waals surface area contributed by atoms with Crippen LogP contribution in [0.25, 0.3) is 0 Å². The smallest absolute Gasteiger partial charge is 0.274 e. The fourth-order valence-corrected chi connectivity index (χ4v) is 1.96. The van der Waals surface area contributed by atoms with Crippen molar-refractivity contribution in [1.29, 1.82) is 0 Å². The lowest BCUT2D eigenvalue weighted by atomic mass is 10.2.